The molecular weight excluding hydrogens is 336 g/mol. The number of hydrogen-bond acceptors (Lipinski definition) is 7. The van der Waals surface area contributed by atoms with Gasteiger partial charge in [-0.15, -0.1) is 33.9 Å². The Morgan fingerprint density at radius 3 is 3.09 bits per heavy atom. The average molecular weight is 357 g/mol. The molecule has 2 aliphatic rings. The van der Waals surface area contributed by atoms with E-state index in [1.165, 1.54) is 0 Å². The number of ether oxygens (including phenoxy) is 1. The number of fused-ring (bicyclic) bond motifs is 1. The molecule has 0 spiro atoms. The Balaban J connectivity index is 0.00000156. The third kappa shape index (κ3) is 3.08. The van der Waals surface area contributed by atoms with Crippen molar-refractivity contribution in [2.75, 3.05) is 24.6 Å². The molecule has 1 saturated heterocycles. The first-order chi connectivity index (χ1) is 10.7. The molecule has 1 fully saturated rings. The highest BCUT2D eigenvalue weighted by atomic mass is 35.5. The van der Waals surface area contributed by atoms with E-state index < -0.39 is 0 Å². The molecule has 2 unspecified atom stereocenters. The van der Waals surface area contributed by atoms with Crippen LogP contribution in [0.15, 0.2) is 5.38 Å². The van der Waals surface area contributed by atoms with E-state index in [0.717, 1.165) is 55.3 Å². The highest BCUT2D eigenvalue weighted by molar-refractivity contribution is 7.14. The molecule has 2 atom stereocenters. The monoisotopic (exact) mass is 356 g/mol. The van der Waals surface area contributed by atoms with Crippen LogP contribution in [0.2, 0.25) is 0 Å². The second-order valence-corrected chi connectivity index (χ2v) is 6.77. The van der Waals surface area contributed by atoms with Crippen LogP contribution in [-0.4, -0.2) is 51.6 Å². The van der Waals surface area contributed by atoms with E-state index in [9.17, 15) is 0 Å². The van der Waals surface area contributed by atoms with Crippen molar-refractivity contribution in [3.63, 3.8) is 0 Å². The van der Waals surface area contributed by atoms with Gasteiger partial charge in [0.2, 0.25) is 0 Å². The van der Waals surface area contributed by atoms with Crippen LogP contribution in [0.3, 0.4) is 0 Å². The average Bonchev–Trinajstić information content (AvgIpc) is 3.16. The zero-order valence-corrected chi connectivity index (χ0v) is 14.9. The number of nitrogens with zero attached hydrogens (tertiary/aromatic N) is 5. The van der Waals surface area contributed by atoms with Gasteiger partial charge in [-0.3, -0.25) is 0 Å². The Labute approximate surface area is 145 Å². The topological polar surface area (TPSA) is 68.1 Å². The summed E-state index contributed by atoms with van der Waals surface area (Å²) in [5.41, 5.74) is 0.923. The van der Waals surface area contributed by atoms with Crippen LogP contribution in [-0.2, 0) is 17.8 Å². The van der Waals surface area contributed by atoms with E-state index >= 15 is 0 Å². The molecule has 0 aromatic carbocycles. The van der Waals surface area contributed by atoms with Crippen molar-refractivity contribution in [2.24, 2.45) is 0 Å². The third-order valence-corrected chi connectivity index (χ3v) is 5.08. The van der Waals surface area contributed by atoms with Gasteiger partial charge in [0.1, 0.15) is 11.5 Å². The standard InChI is InChI=1S/C14H20N6OS.ClH/c1-9-7-21-10(2)6-20(9)14-16-11(8-22-14)13-18-17-12-5-15-3-4-19(12)13;/h8-10,15H,3-7H2,1-2H3;1H. The Hall–Kier alpha value is -1.22. The van der Waals surface area contributed by atoms with Crippen molar-refractivity contribution in [1.82, 2.24) is 25.1 Å². The number of morpholine rings is 1. The summed E-state index contributed by atoms with van der Waals surface area (Å²) in [5.74, 6) is 1.87. The molecule has 4 heterocycles. The number of aromatic nitrogens is 4. The Morgan fingerprint density at radius 2 is 2.22 bits per heavy atom. The summed E-state index contributed by atoms with van der Waals surface area (Å²) in [7, 11) is 0. The molecule has 7 nitrogen and oxygen atoms in total. The molecule has 1 N–H and O–H groups in total. The SMILES string of the molecule is CC1CN(c2nc(-c3nnc4n3CCNC4)cs2)C(C)CO1.Cl. The molecule has 2 aromatic rings. The van der Waals surface area contributed by atoms with Gasteiger partial charge in [-0.2, -0.15) is 0 Å². The summed E-state index contributed by atoms with van der Waals surface area (Å²) in [4.78, 5) is 7.15. The molecule has 0 bridgehead atoms. The van der Waals surface area contributed by atoms with Gasteiger partial charge in [-0.1, -0.05) is 0 Å². The summed E-state index contributed by atoms with van der Waals surface area (Å²) in [6.45, 7) is 8.55. The van der Waals surface area contributed by atoms with Crippen LogP contribution in [0.5, 0.6) is 0 Å². The van der Waals surface area contributed by atoms with Crippen molar-refractivity contribution in [3.8, 4) is 11.5 Å². The molecule has 2 aromatic heterocycles. The molecule has 0 saturated carbocycles. The van der Waals surface area contributed by atoms with Gasteiger partial charge in [0, 0.05) is 25.0 Å². The fourth-order valence-corrected chi connectivity index (χ4v) is 3.87. The zero-order valence-electron chi connectivity index (χ0n) is 13.2. The highest BCUT2D eigenvalue weighted by Crippen LogP contribution is 2.30. The van der Waals surface area contributed by atoms with E-state index in [1.807, 2.05) is 0 Å². The second kappa shape index (κ2) is 6.72. The maximum atomic E-state index is 5.70. The highest BCUT2D eigenvalue weighted by Gasteiger charge is 2.27. The van der Waals surface area contributed by atoms with Gasteiger partial charge in [0.25, 0.3) is 0 Å². The molecule has 9 heteroatoms. The number of anilines is 1. The molecule has 4 rings (SSSR count). The normalized spacial score (nSPS) is 24.2. The van der Waals surface area contributed by atoms with E-state index in [2.05, 4.69) is 44.2 Å². The largest absolute Gasteiger partial charge is 0.375 e. The summed E-state index contributed by atoms with van der Waals surface area (Å²) in [6.07, 6.45) is 0.246. The van der Waals surface area contributed by atoms with Gasteiger partial charge < -0.3 is 19.5 Å². The lowest BCUT2D eigenvalue weighted by atomic mass is 10.2. The van der Waals surface area contributed by atoms with Crippen molar-refractivity contribution in [1.29, 1.82) is 0 Å². The Kier molecular flexibility index (Phi) is 4.86. The Morgan fingerprint density at radius 1 is 1.35 bits per heavy atom. The van der Waals surface area contributed by atoms with Crippen molar-refractivity contribution in [2.45, 2.75) is 39.1 Å². The summed E-state index contributed by atoms with van der Waals surface area (Å²) in [6, 6.07) is 0.353. The predicted octanol–water partition coefficient (Wildman–Crippen LogP) is 1.54. The van der Waals surface area contributed by atoms with Crippen LogP contribution >= 0.6 is 23.7 Å². The molecule has 0 aliphatic carbocycles. The first-order valence-corrected chi connectivity index (χ1v) is 8.57. The smallest absolute Gasteiger partial charge is 0.186 e. The summed E-state index contributed by atoms with van der Waals surface area (Å²) in [5, 5.41) is 15.0. The van der Waals surface area contributed by atoms with Crippen LogP contribution < -0.4 is 10.2 Å². The van der Waals surface area contributed by atoms with Crippen molar-refractivity contribution >= 4 is 28.9 Å². The number of nitrogens with one attached hydrogen (secondary N) is 1. The number of rotatable bonds is 2. The van der Waals surface area contributed by atoms with Crippen LogP contribution in [0.1, 0.15) is 19.7 Å². The maximum absolute atomic E-state index is 5.70. The molecule has 23 heavy (non-hydrogen) atoms. The first kappa shape index (κ1) is 16.6. The first-order valence-electron chi connectivity index (χ1n) is 7.69. The second-order valence-electron chi connectivity index (χ2n) is 5.93. The summed E-state index contributed by atoms with van der Waals surface area (Å²) < 4.78 is 7.86. The van der Waals surface area contributed by atoms with Gasteiger partial charge >= 0.3 is 0 Å². The van der Waals surface area contributed by atoms with Crippen LogP contribution in [0.4, 0.5) is 5.13 Å². The lowest BCUT2D eigenvalue weighted by Gasteiger charge is -2.36. The van der Waals surface area contributed by atoms with Crippen LogP contribution in [0, 0.1) is 0 Å². The lowest BCUT2D eigenvalue weighted by molar-refractivity contribution is 0.0343. The van der Waals surface area contributed by atoms with Crippen LogP contribution in [0.25, 0.3) is 11.5 Å². The van der Waals surface area contributed by atoms with Gasteiger partial charge in [0.15, 0.2) is 11.0 Å². The lowest BCUT2D eigenvalue weighted by Crippen LogP contribution is -2.47. The summed E-state index contributed by atoms with van der Waals surface area (Å²) >= 11 is 1.67. The fourth-order valence-electron chi connectivity index (χ4n) is 2.95. The minimum absolute atomic E-state index is 0. The quantitative estimate of drug-likeness (QED) is 0.880. The van der Waals surface area contributed by atoms with Gasteiger partial charge in [-0.05, 0) is 13.8 Å². The maximum Gasteiger partial charge on any atom is 0.186 e. The third-order valence-electron chi connectivity index (χ3n) is 4.20. The molecule has 126 valence electrons. The molecule has 2 aliphatic heterocycles. The number of halogens is 1. The van der Waals surface area contributed by atoms with E-state index in [0.29, 0.717) is 6.04 Å². The minimum atomic E-state index is 0. The number of thiazole rings is 1. The predicted molar refractivity (Wildman–Crippen MR) is 92.3 cm³/mol. The van der Waals surface area contributed by atoms with Crippen molar-refractivity contribution in [3.05, 3.63) is 11.2 Å². The van der Waals surface area contributed by atoms with E-state index in [4.69, 9.17) is 9.72 Å². The molecule has 0 radical (unpaired) electrons. The minimum Gasteiger partial charge on any atom is -0.375 e. The molecular formula is C14H21ClN6OS. The number of hydrogen-bond donors (Lipinski definition) is 1. The molecule has 0 amide bonds. The van der Waals surface area contributed by atoms with E-state index in [-0.39, 0.29) is 18.5 Å². The Bertz CT molecular complexity index is 674. The van der Waals surface area contributed by atoms with Crippen molar-refractivity contribution < 1.29 is 4.74 Å². The van der Waals surface area contributed by atoms with Gasteiger partial charge in [0.05, 0.1) is 25.3 Å². The van der Waals surface area contributed by atoms with E-state index in [1.54, 1.807) is 11.3 Å². The fraction of sp³-hybridized carbons (Fsp3) is 0.643. The van der Waals surface area contributed by atoms with Gasteiger partial charge in [-0.25, -0.2) is 4.98 Å². The zero-order chi connectivity index (χ0) is 15.1.